The predicted octanol–water partition coefficient (Wildman–Crippen LogP) is 2.56. The van der Waals surface area contributed by atoms with Crippen LogP contribution in [-0.2, 0) is 11.2 Å². The van der Waals surface area contributed by atoms with Gasteiger partial charge in [0.05, 0.1) is 6.04 Å². The number of anilines is 1. The van der Waals surface area contributed by atoms with Crippen molar-refractivity contribution < 1.29 is 4.79 Å². The highest BCUT2D eigenvalue weighted by molar-refractivity contribution is 5.81. The van der Waals surface area contributed by atoms with Gasteiger partial charge in [-0.25, -0.2) is 0 Å². The minimum absolute atomic E-state index is 0.0464. The average Bonchev–Trinajstić information content (AvgIpc) is 2.67. The molecule has 0 saturated carbocycles. The molecule has 2 atom stereocenters. The molecule has 0 saturated heterocycles. The number of fused-ring (bicyclic) bond motifs is 1. The fraction of sp³-hybridized carbons (Fsp3) is 0.381. The Kier molecular flexibility index (Phi) is 5.71. The van der Waals surface area contributed by atoms with Gasteiger partial charge in [-0.3, -0.25) is 4.79 Å². The Morgan fingerprint density at radius 1 is 1.16 bits per heavy atom. The molecule has 0 radical (unpaired) electrons. The zero-order chi connectivity index (χ0) is 17.6. The number of hydrogen-bond acceptors (Lipinski definition) is 3. The summed E-state index contributed by atoms with van der Waals surface area (Å²) in [6, 6.07) is 18.6. The van der Waals surface area contributed by atoms with Crippen molar-refractivity contribution in [1.82, 2.24) is 10.6 Å². The topological polar surface area (TPSA) is 44.4 Å². The van der Waals surface area contributed by atoms with Crippen LogP contribution in [0.4, 0.5) is 5.69 Å². The average molecular weight is 337 g/mol. The quantitative estimate of drug-likeness (QED) is 0.851. The van der Waals surface area contributed by atoms with E-state index in [-0.39, 0.29) is 11.9 Å². The lowest BCUT2D eigenvalue weighted by atomic mass is 9.89. The summed E-state index contributed by atoms with van der Waals surface area (Å²) >= 11 is 0. The lowest BCUT2D eigenvalue weighted by molar-refractivity contribution is -0.122. The summed E-state index contributed by atoms with van der Waals surface area (Å²) < 4.78 is 0. The highest BCUT2D eigenvalue weighted by atomic mass is 16.2. The SMILES string of the molecule is CNC(=O)[C@@H](Cc1ccccc1)NC[C@H]1CCN(C)c2ccccc21. The van der Waals surface area contributed by atoms with Crippen LogP contribution in [0.15, 0.2) is 54.6 Å². The molecule has 2 N–H and O–H groups in total. The monoisotopic (exact) mass is 337 g/mol. The highest BCUT2D eigenvalue weighted by Crippen LogP contribution is 2.33. The molecule has 0 aromatic heterocycles. The molecule has 0 aliphatic carbocycles. The third-order valence-corrected chi connectivity index (χ3v) is 5.06. The van der Waals surface area contributed by atoms with Gasteiger partial charge in [0.1, 0.15) is 0 Å². The lowest BCUT2D eigenvalue weighted by Crippen LogP contribution is -2.46. The molecule has 2 aromatic rings. The van der Waals surface area contributed by atoms with E-state index < -0.39 is 0 Å². The van der Waals surface area contributed by atoms with Gasteiger partial charge in [-0.15, -0.1) is 0 Å². The largest absolute Gasteiger partial charge is 0.374 e. The Labute approximate surface area is 150 Å². The standard InChI is InChI=1S/C21H27N3O/c1-22-21(25)19(14-16-8-4-3-5-9-16)23-15-17-12-13-24(2)20-11-7-6-10-18(17)20/h3-11,17,19,23H,12-15H2,1-2H3,(H,22,25)/t17-,19-/m1/s1. The van der Waals surface area contributed by atoms with Gasteiger partial charge in [0.15, 0.2) is 0 Å². The second kappa shape index (κ2) is 8.17. The van der Waals surface area contributed by atoms with Gasteiger partial charge >= 0.3 is 0 Å². The second-order valence-electron chi connectivity index (χ2n) is 6.73. The molecule has 25 heavy (non-hydrogen) atoms. The molecule has 0 spiro atoms. The van der Waals surface area contributed by atoms with E-state index in [0.717, 1.165) is 19.5 Å². The van der Waals surface area contributed by atoms with Gasteiger partial charge in [0.2, 0.25) is 5.91 Å². The Hall–Kier alpha value is -2.33. The summed E-state index contributed by atoms with van der Waals surface area (Å²) in [5.41, 5.74) is 3.85. The summed E-state index contributed by atoms with van der Waals surface area (Å²) in [6.07, 6.45) is 1.81. The van der Waals surface area contributed by atoms with Crippen LogP contribution in [0.25, 0.3) is 0 Å². The van der Waals surface area contributed by atoms with E-state index in [4.69, 9.17) is 0 Å². The maximum Gasteiger partial charge on any atom is 0.237 e. The Morgan fingerprint density at radius 3 is 2.64 bits per heavy atom. The molecule has 0 fully saturated rings. The first-order valence-electron chi connectivity index (χ1n) is 8.98. The van der Waals surface area contributed by atoms with Gasteiger partial charge in [-0.2, -0.15) is 0 Å². The van der Waals surface area contributed by atoms with Crippen LogP contribution in [0.5, 0.6) is 0 Å². The maximum absolute atomic E-state index is 12.3. The number of likely N-dealkylation sites (N-methyl/N-ethyl adjacent to an activating group) is 1. The first-order valence-corrected chi connectivity index (χ1v) is 8.98. The minimum atomic E-state index is -0.209. The third kappa shape index (κ3) is 4.20. The Morgan fingerprint density at radius 2 is 1.88 bits per heavy atom. The third-order valence-electron chi connectivity index (χ3n) is 5.06. The molecule has 0 bridgehead atoms. The van der Waals surface area contributed by atoms with Crippen molar-refractivity contribution in [3.63, 3.8) is 0 Å². The van der Waals surface area contributed by atoms with Crippen molar-refractivity contribution in [1.29, 1.82) is 0 Å². The summed E-state index contributed by atoms with van der Waals surface area (Å²) in [5, 5.41) is 6.30. The molecule has 3 rings (SSSR count). The molecule has 1 aliphatic heterocycles. The van der Waals surface area contributed by atoms with Crippen molar-refractivity contribution in [3.05, 3.63) is 65.7 Å². The van der Waals surface area contributed by atoms with Crippen molar-refractivity contribution in [3.8, 4) is 0 Å². The zero-order valence-corrected chi connectivity index (χ0v) is 15.0. The van der Waals surface area contributed by atoms with Gasteiger partial charge in [-0.1, -0.05) is 48.5 Å². The van der Waals surface area contributed by atoms with E-state index in [1.54, 1.807) is 7.05 Å². The molecule has 1 heterocycles. The molecular weight excluding hydrogens is 310 g/mol. The van der Waals surface area contributed by atoms with Gasteiger partial charge in [0, 0.05) is 38.8 Å². The van der Waals surface area contributed by atoms with Crippen LogP contribution in [0.2, 0.25) is 0 Å². The number of benzene rings is 2. The Balaban J connectivity index is 1.69. The molecule has 0 unspecified atom stereocenters. The zero-order valence-electron chi connectivity index (χ0n) is 15.0. The lowest BCUT2D eigenvalue weighted by Gasteiger charge is -2.34. The van der Waals surface area contributed by atoms with Crippen molar-refractivity contribution in [2.24, 2.45) is 0 Å². The van der Waals surface area contributed by atoms with Crippen LogP contribution in [0, 0.1) is 0 Å². The van der Waals surface area contributed by atoms with E-state index >= 15 is 0 Å². The van der Waals surface area contributed by atoms with Crippen LogP contribution < -0.4 is 15.5 Å². The van der Waals surface area contributed by atoms with Crippen LogP contribution in [-0.4, -0.2) is 39.1 Å². The number of hydrogen-bond donors (Lipinski definition) is 2. The van der Waals surface area contributed by atoms with E-state index in [1.165, 1.54) is 16.8 Å². The van der Waals surface area contributed by atoms with E-state index in [9.17, 15) is 4.79 Å². The molecule has 132 valence electrons. The summed E-state index contributed by atoms with van der Waals surface area (Å²) in [5.74, 6) is 0.486. The highest BCUT2D eigenvalue weighted by Gasteiger charge is 2.25. The van der Waals surface area contributed by atoms with Gasteiger partial charge in [0.25, 0.3) is 0 Å². The number of para-hydroxylation sites is 1. The van der Waals surface area contributed by atoms with E-state index in [0.29, 0.717) is 12.3 Å². The van der Waals surface area contributed by atoms with E-state index in [2.05, 4.69) is 59.0 Å². The van der Waals surface area contributed by atoms with Gasteiger partial charge < -0.3 is 15.5 Å². The number of carbonyl (C=O) groups excluding carboxylic acids is 1. The molecular formula is C21H27N3O. The van der Waals surface area contributed by atoms with Crippen molar-refractivity contribution in [2.45, 2.75) is 24.8 Å². The van der Waals surface area contributed by atoms with Crippen LogP contribution in [0.1, 0.15) is 23.5 Å². The van der Waals surface area contributed by atoms with Crippen molar-refractivity contribution >= 4 is 11.6 Å². The molecule has 4 nitrogen and oxygen atoms in total. The fourth-order valence-electron chi connectivity index (χ4n) is 3.58. The minimum Gasteiger partial charge on any atom is -0.374 e. The molecule has 2 aromatic carbocycles. The summed E-state index contributed by atoms with van der Waals surface area (Å²) in [7, 11) is 3.85. The molecule has 1 aliphatic rings. The first-order chi connectivity index (χ1) is 12.2. The van der Waals surface area contributed by atoms with Crippen LogP contribution in [0.3, 0.4) is 0 Å². The van der Waals surface area contributed by atoms with Crippen LogP contribution >= 0.6 is 0 Å². The number of amides is 1. The van der Waals surface area contributed by atoms with Crippen molar-refractivity contribution in [2.75, 3.05) is 32.1 Å². The number of nitrogens with one attached hydrogen (secondary N) is 2. The predicted molar refractivity (Wildman–Crippen MR) is 103 cm³/mol. The fourth-order valence-corrected chi connectivity index (χ4v) is 3.58. The number of nitrogens with zero attached hydrogens (tertiary/aromatic N) is 1. The molecule has 1 amide bonds. The number of rotatable bonds is 6. The maximum atomic E-state index is 12.3. The Bertz CT molecular complexity index is 701. The summed E-state index contributed by atoms with van der Waals surface area (Å²) in [6.45, 7) is 1.86. The molecule has 4 heteroatoms. The summed E-state index contributed by atoms with van der Waals surface area (Å²) in [4.78, 5) is 14.6. The van der Waals surface area contributed by atoms with Gasteiger partial charge in [-0.05, 0) is 30.0 Å². The second-order valence-corrected chi connectivity index (χ2v) is 6.73. The number of carbonyl (C=O) groups is 1. The van der Waals surface area contributed by atoms with E-state index in [1.807, 2.05) is 18.2 Å². The smallest absolute Gasteiger partial charge is 0.237 e. The first kappa shape index (κ1) is 17.5. The normalized spacial score (nSPS) is 17.7.